The third-order valence-corrected chi connectivity index (χ3v) is 46.4. The van der Waals surface area contributed by atoms with E-state index in [0.29, 0.717) is 32.7 Å². The highest BCUT2D eigenvalue weighted by Crippen LogP contribution is 2.58. The molecule has 32 rings (SSSR count). The molecule has 22 heterocycles. The van der Waals surface area contributed by atoms with Gasteiger partial charge in [0, 0.05) is 165 Å². The van der Waals surface area contributed by atoms with Crippen LogP contribution < -0.4 is 106 Å². The van der Waals surface area contributed by atoms with E-state index >= 15 is 0 Å². The summed E-state index contributed by atoms with van der Waals surface area (Å²) in [6, 6.07) is 0. The molecular formula is C122H230N20O2. The third kappa shape index (κ3) is 32.5. The number of ether oxygens (including phenoxy) is 2. The molecule has 0 aromatic carbocycles. The fourth-order valence-corrected chi connectivity index (χ4v) is 33.5. The van der Waals surface area contributed by atoms with Gasteiger partial charge in [-0.25, -0.2) is 0 Å². The van der Waals surface area contributed by atoms with Gasteiger partial charge in [-0.05, 0) is 478 Å². The highest BCUT2D eigenvalue weighted by Gasteiger charge is 2.51. The van der Waals surface area contributed by atoms with Crippen molar-refractivity contribution in [3.8, 4) is 0 Å². The summed E-state index contributed by atoms with van der Waals surface area (Å²) in [5.41, 5.74) is 12.6. The molecule has 10 saturated carbocycles. The van der Waals surface area contributed by atoms with Crippen LogP contribution in [0, 0.1) is 81.2 Å². The van der Waals surface area contributed by atoms with Gasteiger partial charge in [0.1, 0.15) is 0 Å². The Balaban J connectivity index is 0.000000102. The first kappa shape index (κ1) is 113. The van der Waals surface area contributed by atoms with Crippen LogP contribution in [0.5, 0.6) is 0 Å². The number of hydrogen-bond donors (Lipinski definition) is 20. The first-order valence-electron chi connectivity index (χ1n) is 63.9. The quantitative estimate of drug-likeness (QED) is 0.100. The van der Waals surface area contributed by atoms with Gasteiger partial charge >= 0.3 is 0 Å². The molecule has 22 heteroatoms. The molecular weight excluding hydrogens is 1780 g/mol. The van der Waals surface area contributed by atoms with Crippen molar-refractivity contribution >= 4 is 0 Å². The number of rotatable bonds is 0. The molecule has 0 aromatic heterocycles. The Kier molecular flexibility index (Phi) is 42.6. The Bertz CT molecular complexity index is 3010. The predicted molar refractivity (Wildman–Crippen MR) is 602 cm³/mol. The lowest BCUT2D eigenvalue weighted by Gasteiger charge is -2.50. The van der Waals surface area contributed by atoms with Gasteiger partial charge in [0.25, 0.3) is 0 Å². The highest BCUT2D eigenvalue weighted by molar-refractivity contribution is 5.11. The molecule has 1 atom stereocenters. The molecule has 32 aliphatic rings. The standard InChI is InChI=1S/2C15H27N.C10H19N.C9H18N2.C9H17NO.C9H17N.C8H15N.C7H14N2.C7H13N.C6H12N2.2C6H11N.2C5H10N2.C5H9NO/c2*1-2-4-14(5-3-1)6-8-15(9-7-14)10-12-16-13-11-15;1-2-4-10(5-3-1)6-8-11-9-7-10;2*1-5-10-6-2-9(1)3-7-11-8-4-9;1-2-4-9(3-1)5-7-10-8-6-9;1-2-4-8(3-1)5-6-9-7-8;1-3-8-5-7(1)2-4-9-6-7;1-2-4-7(3-1)5-8-6-7;1-2-7-3-6(1)4-8-5-6;1-2-6(3-1)4-7-5-6;1-2-4-6(3-1)5-7-6;1-5(2-6-1)3-7-4-5;1-2-6-3-5(1)4-7-5;1-5(2-6-1)3-7-4-5/h2*16H,1-13H2;11H,1-9H2;10-11H,1-8H2;10H,1-8H2;10H,1-8H2;9H,1-7H2;8-9H,1-6H2;8H,1-6H2;7-8H,1-5H2;2*7H,1-5H2;2*6-7H,1-4H2;6H,1-4H2. The van der Waals surface area contributed by atoms with Crippen molar-refractivity contribution < 1.29 is 9.47 Å². The van der Waals surface area contributed by atoms with Gasteiger partial charge in [-0.2, -0.15) is 0 Å². The fraction of sp³-hybridized carbons (Fsp3) is 1.00. The minimum Gasteiger partial charge on any atom is -0.381 e. The molecule has 1 unspecified atom stereocenters. The van der Waals surface area contributed by atoms with Crippen molar-refractivity contribution in [2.75, 3.05) is 275 Å². The second kappa shape index (κ2) is 54.4. The van der Waals surface area contributed by atoms with Crippen molar-refractivity contribution in [2.45, 2.75) is 416 Å². The van der Waals surface area contributed by atoms with E-state index in [1.54, 1.807) is 77.0 Å². The third-order valence-electron chi connectivity index (χ3n) is 46.4. The first-order chi connectivity index (χ1) is 70.5. The molecule has 20 N–H and O–H groups in total. The van der Waals surface area contributed by atoms with E-state index in [1.807, 2.05) is 0 Å². The summed E-state index contributed by atoms with van der Waals surface area (Å²) >= 11 is 0. The maximum Gasteiger partial charge on any atom is 0.0569 e. The smallest absolute Gasteiger partial charge is 0.0569 e. The Morgan fingerprint density at radius 1 is 0.104 bits per heavy atom. The summed E-state index contributed by atoms with van der Waals surface area (Å²) < 4.78 is 10.4. The Labute approximate surface area is 882 Å². The van der Waals surface area contributed by atoms with Gasteiger partial charge in [-0.1, -0.05) is 116 Å². The number of hydrogen-bond acceptors (Lipinski definition) is 22. The van der Waals surface area contributed by atoms with Crippen molar-refractivity contribution in [2.24, 2.45) is 81.2 Å². The molecule has 17 spiro atoms. The van der Waals surface area contributed by atoms with Crippen LogP contribution in [0.2, 0.25) is 0 Å². The van der Waals surface area contributed by atoms with Crippen molar-refractivity contribution in [1.82, 2.24) is 106 Å². The molecule has 0 aromatic rings. The van der Waals surface area contributed by atoms with E-state index in [-0.39, 0.29) is 0 Å². The first-order valence-corrected chi connectivity index (χ1v) is 63.9. The van der Waals surface area contributed by atoms with Crippen molar-refractivity contribution in [1.29, 1.82) is 0 Å². The average molecular weight is 2010 g/mol. The van der Waals surface area contributed by atoms with E-state index in [4.69, 9.17) is 9.47 Å². The van der Waals surface area contributed by atoms with E-state index in [2.05, 4.69) is 106 Å². The van der Waals surface area contributed by atoms with Crippen LogP contribution in [-0.4, -0.2) is 286 Å². The molecule has 22 aliphatic heterocycles. The van der Waals surface area contributed by atoms with Crippen LogP contribution in [-0.2, 0) is 9.47 Å². The lowest BCUT2D eigenvalue weighted by Crippen LogP contribution is -2.69. The number of nitrogens with one attached hydrogen (secondary N) is 20. The van der Waals surface area contributed by atoms with Crippen LogP contribution in [0.3, 0.4) is 0 Å². The van der Waals surface area contributed by atoms with Gasteiger partial charge in [0.05, 0.1) is 13.2 Å². The van der Waals surface area contributed by atoms with E-state index < -0.39 is 0 Å². The Morgan fingerprint density at radius 3 is 0.493 bits per heavy atom. The second-order valence-electron chi connectivity index (χ2n) is 56.7. The lowest BCUT2D eigenvalue weighted by molar-refractivity contribution is -0.139. The summed E-state index contributed by atoms with van der Waals surface area (Å²) in [6.07, 6.45) is 93.2. The summed E-state index contributed by atoms with van der Waals surface area (Å²) in [7, 11) is 0. The molecule has 10 aliphatic carbocycles. The largest absolute Gasteiger partial charge is 0.381 e. The summed E-state index contributed by atoms with van der Waals surface area (Å²) in [5.74, 6) is 0. The molecule has 22 saturated heterocycles. The molecule has 22 nitrogen and oxygen atoms in total. The fourth-order valence-electron chi connectivity index (χ4n) is 33.5. The molecule has 144 heavy (non-hydrogen) atoms. The molecule has 0 bridgehead atoms. The zero-order chi connectivity index (χ0) is 98.3. The zero-order valence-corrected chi connectivity index (χ0v) is 93.6. The van der Waals surface area contributed by atoms with Crippen LogP contribution >= 0.6 is 0 Å². The Morgan fingerprint density at radius 2 is 0.299 bits per heavy atom. The van der Waals surface area contributed by atoms with E-state index in [0.717, 1.165) is 86.0 Å². The summed E-state index contributed by atoms with van der Waals surface area (Å²) in [6.45, 7) is 51.9. The van der Waals surface area contributed by atoms with Crippen molar-refractivity contribution in [3.05, 3.63) is 0 Å². The molecule has 0 amide bonds. The Hall–Kier alpha value is -0.880. The highest BCUT2D eigenvalue weighted by atomic mass is 16.5. The predicted octanol–water partition coefficient (Wildman–Crippen LogP) is 15.9. The van der Waals surface area contributed by atoms with E-state index in [1.165, 1.54) is 576 Å². The lowest BCUT2D eigenvalue weighted by atomic mass is 9.57. The maximum atomic E-state index is 5.38. The monoisotopic (exact) mass is 2010 g/mol. The molecule has 830 valence electrons. The van der Waals surface area contributed by atoms with Crippen LogP contribution in [0.1, 0.15) is 405 Å². The SMILES string of the molecule is C1CC2(C1)CNC2.C1CC2(CCN1)CCNCC2.C1CC2(CCN1)CCOCC2.C1CC2(CCNC2)CN1.C1CC2(CN1)CN2.C1CC2(CN1)CNC2.C1CCC2(C1)CCNC2.C1CCC2(C1)CCNCC2.C1CCC2(C1)CN2.C1CCC2(C1)CNC2.C1CCC2(CC1)CCC1(CCNCC1)CC2.C1CCC2(CC1)CCC1(CCNCC1)CC2.C1CCC2(CC1)CCNCC2.C1NCC12CNC2.C1NCC12COC2. The normalized spacial score (nSPS) is 33.2. The van der Waals surface area contributed by atoms with Gasteiger partial charge in [0.2, 0.25) is 0 Å². The van der Waals surface area contributed by atoms with Crippen molar-refractivity contribution in [3.63, 3.8) is 0 Å². The second-order valence-corrected chi connectivity index (χ2v) is 56.7. The maximum absolute atomic E-state index is 5.38. The summed E-state index contributed by atoms with van der Waals surface area (Å²) in [5, 5.41) is 67.7. The van der Waals surface area contributed by atoms with Gasteiger partial charge in [0.15, 0.2) is 0 Å². The average Bonchev–Trinajstić information content (AvgIpc) is 1.47. The number of piperidine rings is 7. The zero-order valence-electron chi connectivity index (χ0n) is 93.6. The minimum atomic E-state index is 0.583. The minimum absolute atomic E-state index is 0.583. The topological polar surface area (TPSA) is 279 Å². The van der Waals surface area contributed by atoms with E-state index in [9.17, 15) is 0 Å². The van der Waals surface area contributed by atoms with Gasteiger partial charge < -0.3 is 116 Å². The van der Waals surface area contributed by atoms with Crippen LogP contribution in [0.4, 0.5) is 0 Å². The van der Waals surface area contributed by atoms with Crippen LogP contribution in [0.15, 0.2) is 0 Å². The van der Waals surface area contributed by atoms with Gasteiger partial charge in [-0.3, -0.25) is 0 Å². The van der Waals surface area contributed by atoms with Crippen LogP contribution in [0.25, 0.3) is 0 Å². The summed E-state index contributed by atoms with van der Waals surface area (Å²) in [4.78, 5) is 0. The molecule has 0 radical (unpaired) electrons. The molecule has 32 fully saturated rings. The van der Waals surface area contributed by atoms with Gasteiger partial charge in [-0.15, -0.1) is 0 Å².